The third-order valence-corrected chi connectivity index (χ3v) is 4.56. The van der Waals surface area contributed by atoms with Gasteiger partial charge in [0.05, 0.1) is 19.8 Å². The lowest BCUT2D eigenvalue weighted by atomic mass is 10.1. The van der Waals surface area contributed by atoms with E-state index in [1.807, 2.05) is 12.1 Å². The summed E-state index contributed by atoms with van der Waals surface area (Å²) < 4.78 is 5.37. The molecular formula is C18H27N3O2. The van der Waals surface area contributed by atoms with E-state index in [9.17, 15) is 4.79 Å². The molecule has 0 aliphatic carbocycles. The number of hydrogen-bond acceptors (Lipinski definition) is 4. The molecule has 126 valence electrons. The zero-order chi connectivity index (χ0) is 15.9. The van der Waals surface area contributed by atoms with Gasteiger partial charge in [0.2, 0.25) is 5.91 Å². The zero-order valence-electron chi connectivity index (χ0n) is 13.8. The summed E-state index contributed by atoms with van der Waals surface area (Å²) in [5, 5.41) is 3.01. The first-order chi connectivity index (χ1) is 11.3. The normalized spacial score (nSPS) is 20.3. The summed E-state index contributed by atoms with van der Waals surface area (Å²) in [5.41, 5.74) is 2.17. The molecule has 0 saturated carbocycles. The molecule has 0 spiro atoms. The maximum Gasteiger partial charge on any atom is 0.238 e. The molecule has 5 heteroatoms. The van der Waals surface area contributed by atoms with Gasteiger partial charge in [-0.25, -0.2) is 0 Å². The summed E-state index contributed by atoms with van der Waals surface area (Å²) in [6.45, 7) is 7.19. The number of carbonyl (C=O) groups excluding carboxylic acids is 1. The van der Waals surface area contributed by atoms with E-state index in [2.05, 4.69) is 27.2 Å². The van der Waals surface area contributed by atoms with Gasteiger partial charge in [-0.15, -0.1) is 0 Å². The van der Waals surface area contributed by atoms with Crippen LogP contribution in [0.15, 0.2) is 24.3 Å². The van der Waals surface area contributed by atoms with Gasteiger partial charge in [0.25, 0.3) is 0 Å². The average Bonchev–Trinajstić information content (AvgIpc) is 2.58. The molecule has 0 atom stereocenters. The summed E-state index contributed by atoms with van der Waals surface area (Å²) in [5.74, 6) is 0.0906. The Kier molecular flexibility index (Phi) is 6.02. The van der Waals surface area contributed by atoms with E-state index < -0.39 is 0 Å². The molecule has 2 fully saturated rings. The lowest BCUT2D eigenvalue weighted by Gasteiger charge is -2.26. The van der Waals surface area contributed by atoms with Crippen LogP contribution in [0.2, 0.25) is 0 Å². The van der Waals surface area contributed by atoms with E-state index in [0.717, 1.165) is 51.6 Å². The first kappa shape index (κ1) is 16.4. The average molecular weight is 317 g/mol. The number of nitrogens with zero attached hydrogens (tertiary/aromatic N) is 2. The molecule has 0 radical (unpaired) electrons. The predicted octanol–water partition coefficient (Wildman–Crippen LogP) is 1.94. The van der Waals surface area contributed by atoms with Gasteiger partial charge in [-0.1, -0.05) is 18.6 Å². The van der Waals surface area contributed by atoms with E-state index in [1.54, 1.807) is 0 Å². The van der Waals surface area contributed by atoms with Crippen molar-refractivity contribution < 1.29 is 9.53 Å². The molecule has 3 rings (SSSR count). The molecule has 0 aromatic heterocycles. The number of carbonyl (C=O) groups is 1. The third-order valence-electron chi connectivity index (χ3n) is 4.56. The van der Waals surface area contributed by atoms with Crippen LogP contribution in [-0.4, -0.2) is 61.6 Å². The Labute approximate surface area is 138 Å². The minimum Gasteiger partial charge on any atom is -0.379 e. The number of morpholine rings is 1. The number of likely N-dealkylation sites (tertiary alicyclic amines) is 1. The minimum absolute atomic E-state index is 0.0906. The van der Waals surface area contributed by atoms with Gasteiger partial charge in [0.1, 0.15) is 0 Å². The number of benzene rings is 1. The molecule has 1 aromatic rings. The largest absolute Gasteiger partial charge is 0.379 e. The van der Waals surface area contributed by atoms with Crippen LogP contribution < -0.4 is 5.32 Å². The molecule has 23 heavy (non-hydrogen) atoms. The molecule has 5 nitrogen and oxygen atoms in total. The SMILES string of the molecule is O=C(CN1CCCCC1)Nc1ccc(CN2CCOCC2)cc1. The number of ether oxygens (including phenoxy) is 1. The lowest BCUT2D eigenvalue weighted by molar-refractivity contribution is -0.117. The Bertz CT molecular complexity index is 491. The van der Waals surface area contributed by atoms with Crippen molar-refractivity contribution in [2.45, 2.75) is 25.8 Å². The van der Waals surface area contributed by atoms with Crippen LogP contribution in [0, 0.1) is 0 Å². The fourth-order valence-corrected chi connectivity index (χ4v) is 3.23. The number of anilines is 1. The summed E-state index contributed by atoms with van der Waals surface area (Å²) in [6, 6.07) is 8.21. The van der Waals surface area contributed by atoms with Gasteiger partial charge < -0.3 is 10.1 Å². The molecular weight excluding hydrogens is 290 g/mol. The zero-order valence-corrected chi connectivity index (χ0v) is 13.8. The van der Waals surface area contributed by atoms with Crippen LogP contribution in [0.4, 0.5) is 5.69 Å². The smallest absolute Gasteiger partial charge is 0.238 e. The quantitative estimate of drug-likeness (QED) is 0.901. The summed E-state index contributed by atoms with van der Waals surface area (Å²) in [4.78, 5) is 16.7. The van der Waals surface area contributed by atoms with E-state index in [-0.39, 0.29) is 5.91 Å². The first-order valence-corrected chi connectivity index (χ1v) is 8.71. The number of nitrogens with one attached hydrogen (secondary N) is 1. The fraction of sp³-hybridized carbons (Fsp3) is 0.611. The summed E-state index contributed by atoms with van der Waals surface area (Å²) in [6.07, 6.45) is 3.72. The summed E-state index contributed by atoms with van der Waals surface area (Å²) in [7, 11) is 0. The van der Waals surface area contributed by atoms with Gasteiger partial charge in [-0.2, -0.15) is 0 Å². The Morgan fingerprint density at radius 3 is 2.35 bits per heavy atom. The van der Waals surface area contributed by atoms with Gasteiger partial charge in [-0.05, 0) is 43.6 Å². The maximum absolute atomic E-state index is 12.1. The molecule has 2 heterocycles. The first-order valence-electron chi connectivity index (χ1n) is 8.71. The van der Waals surface area contributed by atoms with Crippen molar-refractivity contribution in [1.29, 1.82) is 0 Å². The van der Waals surface area contributed by atoms with Crippen LogP contribution in [-0.2, 0) is 16.1 Å². The number of piperidine rings is 1. The third kappa shape index (κ3) is 5.30. The Morgan fingerprint density at radius 2 is 1.65 bits per heavy atom. The van der Waals surface area contributed by atoms with Crippen molar-refractivity contribution in [3.8, 4) is 0 Å². The van der Waals surface area contributed by atoms with E-state index in [4.69, 9.17) is 4.74 Å². The van der Waals surface area contributed by atoms with Crippen molar-refractivity contribution in [2.75, 3.05) is 51.3 Å². The number of hydrogen-bond donors (Lipinski definition) is 1. The highest BCUT2D eigenvalue weighted by atomic mass is 16.5. The maximum atomic E-state index is 12.1. The van der Waals surface area contributed by atoms with Gasteiger partial charge in [0, 0.05) is 25.3 Å². The predicted molar refractivity (Wildman–Crippen MR) is 91.5 cm³/mol. The van der Waals surface area contributed by atoms with Crippen molar-refractivity contribution in [3.63, 3.8) is 0 Å². The minimum atomic E-state index is 0.0906. The van der Waals surface area contributed by atoms with Gasteiger partial charge >= 0.3 is 0 Å². The van der Waals surface area contributed by atoms with Crippen molar-refractivity contribution in [1.82, 2.24) is 9.80 Å². The Hall–Kier alpha value is -1.43. The highest BCUT2D eigenvalue weighted by Crippen LogP contribution is 2.13. The monoisotopic (exact) mass is 317 g/mol. The van der Waals surface area contributed by atoms with E-state index in [0.29, 0.717) is 6.54 Å². The van der Waals surface area contributed by atoms with Gasteiger partial charge in [-0.3, -0.25) is 14.6 Å². The number of rotatable bonds is 5. The van der Waals surface area contributed by atoms with Crippen LogP contribution in [0.3, 0.4) is 0 Å². The van der Waals surface area contributed by atoms with Crippen LogP contribution in [0.1, 0.15) is 24.8 Å². The van der Waals surface area contributed by atoms with Crippen LogP contribution >= 0.6 is 0 Å². The second-order valence-electron chi connectivity index (χ2n) is 6.47. The van der Waals surface area contributed by atoms with Crippen molar-refractivity contribution >= 4 is 11.6 Å². The molecule has 2 aliphatic heterocycles. The highest BCUT2D eigenvalue weighted by molar-refractivity contribution is 5.92. The van der Waals surface area contributed by atoms with Gasteiger partial charge in [0.15, 0.2) is 0 Å². The molecule has 1 amide bonds. The molecule has 1 N–H and O–H groups in total. The van der Waals surface area contributed by atoms with Crippen LogP contribution in [0.25, 0.3) is 0 Å². The van der Waals surface area contributed by atoms with Crippen molar-refractivity contribution in [3.05, 3.63) is 29.8 Å². The fourth-order valence-electron chi connectivity index (χ4n) is 3.23. The second kappa shape index (κ2) is 8.43. The molecule has 2 aliphatic rings. The van der Waals surface area contributed by atoms with Crippen LogP contribution in [0.5, 0.6) is 0 Å². The molecule has 1 aromatic carbocycles. The molecule has 0 unspecified atom stereocenters. The topological polar surface area (TPSA) is 44.8 Å². The van der Waals surface area contributed by atoms with E-state index in [1.165, 1.54) is 24.8 Å². The molecule has 0 bridgehead atoms. The lowest BCUT2D eigenvalue weighted by Crippen LogP contribution is -2.36. The second-order valence-corrected chi connectivity index (χ2v) is 6.47. The standard InChI is InChI=1S/C18H27N3O2/c22-18(15-20-8-2-1-3-9-20)19-17-6-4-16(5-7-17)14-21-10-12-23-13-11-21/h4-7H,1-3,8-15H2,(H,19,22). The summed E-state index contributed by atoms with van der Waals surface area (Å²) >= 11 is 0. The Balaban J connectivity index is 1.45. The highest BCUT2D eigenvalue weighted by Gasteiger charge is 2.14. The Morgan fingerprint density at radius 1 is 0.957 bits per heavy atom. The molecule has 2 saturated heterocycles. The van der Waals surface area contributed by atoms with Crippen molar-refractivity contribution in [2.24, 2.45) is 0 Å². The van der Waals surface area contributed by atoms with E-state index >= 15 is 0 Å². The number of amides is 1.